The molecule has 1 aromatic heterocycles. The third-order valence-electron chi connectivity index (χ3n) is 2.23. The number of carbonyl (C=O) groups is 1. The Kier molecular flexibility index (Phi) is 5.02. The molecule has 18 heavy (non-hydrogen) atoms. The van der Waals surface area contributed by atoms with Crippen LogP contribution in [0, 0.1) is 0 Å². The number of hydrogen-bond acceptors (Lipinski definition) is 5. The summed E-state index contributed by atoms with van der Waals surface area (Å²) in [5.41, 5.74) is 0.234. The van der Waals surface area contributed by atoms with Gasteiger partial charge in [0.1, 0.15) is 4.21 Å². The number of amides is 1. The van der Waals surface area contributed by atoms with Crippen LogP contribution in [0.3, 0.4) is 0 Å². The number of carbonyl (C=O) groups excluding carboxylic acids is 1. The second kappa shape index (κ2) is 5.91. The summed E-state index contributed by atoms with van der Waals surface area (Å²) in [5, 5.41) is 8.78. The van der Waals surface area contributed by atoms with Gasteiger partial charge >= 0.3 is 0 Å². The van der Waals surface area contributed by atoms with Gasteiger partial charge in [0.05, 0.1) is 5.56 Å². The maximum absolute atomic E-state index is 11.7. The molecule has 9 heteroatoms. The zero-order valence-electron chi connectivity index (χ0n) is 9.87. The minimum Gasteiger partial charge on any atom is -0.351 e. The molecular formula is C9H14N2O4S3. The summed E-state index contributed by atoms with van der Waals surface area (Å²) in [6, 6.07) is 1.23. The van der Waals surface area contributed by atoms with Crippen LogP contribution in [0.2, 0.25) is 0 Å². The summed E-state index contributed by atoms with van der Waals surface area (Å²) in [6.45, 7) is 2.02. The minimum absolute atomic E-state index is 0.0558. The second-order valence-electron chi connectivity index (χ2n) is 3.72. The van der Waals surface area contributed by atoms with E-state index in [1.54, 1.807) is 13.2 Å². The summed E-state index contributed by atoms with van der Waals surface area (Å²) < 4.78 is 33.1. The average Bonchev–Trinajstić information content (AvgIpc) is 2.73. The highest BCUT2D eigenvalue weighted by atomic mass is 32.2. The van der Waals surface area contributed by atoms with Gasteiger partial charge < -0.3 is 5.32 Å². The smallest absolute Gasteiger partial charge is 0.252 e. The van der Waals surface area contributed by atoms with Crippen molar-refractivity contribution in [3.8, 4) is 0 Å². The van der Waals surface area contributed by atoms with Gasteiger partial charge in [-0.2, -0.15) is 0 Å². The Hall–Kier alpha value is -0.770. The highest BCUT2D eigenvalue weighted by molar-refractivity contribution is 7.91. The minimum atomic E-state index is -3.77. The van der Waals surface area contributed by atoms with Gasteiger partial charge in [-0.05, 0) is 13.0 Å². The van der Waals surface area contributed by atoms with Crippen molar-refractivity contribution >= 4 is 38.1 Å². The first-order valence-corrected chi connectivity index (χ1v) is 8.98. The van der Waals surface area contributed by atoms with Crippen molar-refractivity contribution in [1.29, 1.82) is 0 Å². The molecule has 0 aromatic carbocycles. The van der Waals surface area contributed by atoms with E-state index in [0.717, 1.165) is 11.3 Å². The van der Waals surface area contributed by atoms with Crippen LogP contribution >= 0.6 is 11.3 Å². The van der Waals surface area contributed by atoms with Gasteiger partial charge in [0.2, 0.25) is 10.0 Å². The third-order valence-corrected chi connectivity index (χ3v) is 5.92. The van der Waals surface area contributed by atoms with Crippen molar-refractivity contribution in [1.82, 2.24) is 5.32 Å². The normalized spacial score (nSPS) is 15.1. The van der Waals surface area contributed by atoms with E-state index in [-0.39, 0.29) is 21.6 Å². The SMILES string of the molecule is CC(CNC(=O)c1csc(S(N)(=O)=O)c1)S(C)=O. The Morgan fingerprint density at radius 1 is 1.61 bits per heavy atom. The molecule has 3 N–H and O–H groups in total. The van der Waals surface area contributed by atoms with E-state index in [1.165, 1.54) is 11.4 Å². The summed E-state index contributed by atoms with van der Waals surface area (Å²) in [7, 11) is -4.79. The molecule has 102 valence electrons. The van der Waals surface area contributed by atoms with Gasteiger partial charge in [0.25, 0.3) is 5.91 Å². The lowest BCUT2D eigenvalue weighted by molar-refractivity contribution is 0.0954. The topological polar surface area (TPSA) is 106 Å². The lowest BCUT2D eigenvalue weighted by Gasteiger charge is -2.08. The number of primary sulfonamides is 1. The molecule has 2 unspecified atom stereocenters. The van der Waals surface area contributed by atoms with E-state index in [4.69, 9.17) is 5.14 Å². The van der Waals surface area contributed by atoms with Gasteiger partial charge in [-0.15, -0.1) is 11.3 Å². The number of rotatable bonds is 5. The Labute approximate surface area is 112 Å². The van der Waals surface area contributed by atoms with Gasteiger partial charge in [0, 0.05) is 34.2 Å². The van der Waals surface area contributed by atoms with Gasteiger partial charge in [-0.25, -0.2) is 13.6 Å². The highest BCUT2D eigenvalue weighted by Crippen LogP contribution is 2.18. The molecule has 6 nitrogen and oxygen atoms in total. The molecule has 0 saturated heterocycles. The predicted molar refractivity (Wildman–Crippen MR) is 71.6 cm³/mol. The number of sulfonamides is 1. The maximum atomic E-state index is 11.7. The molecule has 1 heterocycles. The van der Waals surface area contributed by atoms with Crippen molar-refractivity contribution in [2.75, 3.05) is 12.8 Å². The van der Waals surface area contributed by atoms with Crippen LogP contribution in [0.1, 0.15) is 17.3 Å². The van der Waals surface area contributed by atoms with Crippen LogP contribution in [0.25, 0.3) is 0 Å². The van der Waals surface area contributed by atoms with E-state index in [1.807, 2.05) is 0 Å². The molecule has 0 bridgehead atoms. The maximum Gasteiger partial charge on any atom is 0.252 e. The van der Waals surface area contributed by atoms with Crippen LogP contribution in [0.15, 0.2) is 15.7 Å². The van der Waals surface area contributed by atoms with Crippen LogP contribution in [0.5, 0.6) is 0 Å². The molecule has 0 aliphatic rings. The molecule has 0 radical (unpaired) electrons. The highest BCUT2D eigenvalue weighted by Gasteiger charge is 2.16. The number of nitrogens with two attached hydrogens (primary N) is 1. The fourth-order valence-electron chi connectivity index (χ4n) is 1.04. The van der Waals surface area contributed by atoms with E-state index in [2.05, 4.69) is 5.32 Å². The lowest BCUT2D eigenvalue weighted by Crippen LogP contribution is -2.32. The van der Waals surface area contributed by atoms with E-state index in [0.29, 0.717) is 0 Å². The first-order valence-electron chi connectivity index (χ1n) is 4.93. The number of hydrogen-bond donors (Lipinski definition) is 2. The standard InChI is InChI=1S/C9H14N2O4S3/c1-6(17(2)13)4-11-9(12)7-3-8(16-5-7)18(10,14)15/h3,5-6H,4H2,1-2H3,(H,11,12)(H2,10,14,15). The Morgan fingerprint density at radius 2 is 2.22 bits per heavy atom. The van der Waals surface area contributed by atoms with Crippen molar-refractivity contribution in [3.63, 3.8) is 0 Å². The molecule has 1 amide bonds. The quantitative estimate of drug-likeness (QED) is 0.791. The largest absolute Gasteiger partial charge is 0.351 e. The average molecular weight is 310 g/mol. The molecule has 0 fully saturated rings. The molecule has 0 spiro atoms. The second-order valence-corrected chi connectivity index (χ2v) is 8.22. The van der Waals surface area contributed by atoms with Crippen LogP contribution < -0.4 is 10.5 Å². The van der Waals surface area contributed by atoms with E-state index >= 15 is 0 Å². The monoisotopic (exact) mass is 310 g/mol. The molecular weight excluding hydrogens is 296 g/mol. The zero-order chi connectivity index (χ0) is 13.9. The fourth-order valence-corrected chi connectivity index (χ4v) is 2.94. The van der Waals surface area contributed by atoms with Crippen molar-refractivity contribution in [2.45, 2.75) is 16.4 Å². The number of nitrogens with one attached hydrogen (secondary N) is 1. The molecule has 1 aromatic rings. The Balaban J connectivity index is 2.69. The molecule has 2 atom stereocenters. The van der Waals surface area contributed by atoms with Crippen LogP contribution in [0.4, 0.5) is 0 Å². The zero-order valence-corrected chi connectivity index (χ0v) is 12.3. The lowest BCUT2D eigenvalue weighted by atomic mass is 10.3. The molecule has 0 aliphatic carbocycles. The summed E-state index contributed by atoms with van der Waals surface area (Å²) in [5.74, 6) is -0.404. The summed E-state index contributed by atoms with van der Waals surface area (Å²) in [4.78, 5) is 11.7. The first-order chi connectivity index (χ1) is 8.21. The van der Waals surface area contributed by atoms with Crippen LogP contribution in [-0.4, -0.2) is 36.6 Å². The summed E-state index contributed by atoms with van der Waals surface area (Å²) >= 11 is 0.892. The Bertz CT molecular complexity index is 564. The van der Waals surface area contributed by atoms with E-state index < -0.39 is 26.7 Å². The van der Waals surface area contributed by atoms with Gasteiger partial charge in [-0.1, -0.05) is 0 Å². The molecule has 1 rings (SSSR count). The fraction of sp³-hybridized carbons (Fsp3) is 0.444. The van der Waals surface area contributed by atoms with Gasteiger partial charge in [0.15, 0.2) is 0 Å². The number of thiophene rings is 1. The predicted octanol–water partition coefficient (Wildman–Crippen LogP) is -0.108. The third kappa shape index (κ3) is 4.16. The Morgan fingerprint density at radius 3 is 2.67 bits per heavy atom. The van der Waals surface area contributed by atoms with Crippen molar-refractivity contribution in [2.24, 2.45) is 5.14 Å². The van der Waals surface area contributed by atoms with Gasteiger partial charge in [-0.3, -0.25) is 9.00 Å². The summed E-state index contributed by atoms with van der Waals surface area (Å²) in [6.07, 6.45) is 1.56. The van der Waals surface area contributed by atoms with Crippen molar-refractivity contribution in [3.05, 3.63) is 17.0 Å². The van der Waals surface area contributed by atoms with E-state index in [9.17, 15) is 17.4 Å². The molecule has 0 aliphatic heterocycles. The first kappa shape index (κ1) is 15.3. The van der Waals surface area contributed by atoms with Crippen LogP contribution in [-0.2, 0) is 20.8 Å². The molecule has 0 saturated carbocycles. The van der Waals surface area contributed by atoms with Crippen molar-refractivity contribution < 1.29 is 17.4 Å².